The minimum absolute atomic E-state index is 0.0594. The molecule has 0 saturated heterocycles. The van der Waals surface area contributed by atoms with Gasteiger partial charge in [-0.1, -0.05) is 38.3 Å². The SMILES string of the molecule is CC(C)C1CCCC(Nc2ccc(Cl)cc2[N+](=O)[O-])C1. The summed E-state index contributed by atoms with van der Waals surface area (Å²) >= 11 is 5.84. The van der Waals surface area contributed by atoms with Crippen molar-refractivity contribution < 1.29 is 4.92 Å². The summed E-state index contributed by atoms with van der Waals surface area (Å²) in [6, 6.07) is 5.13. The lowest BCUT2D eigenvalue weighted by atomic mass is 9.79. The first-order valence-electron chi connectivity index (χ1n) is 7.18. The summed E-state index contributed by atoms with van der Waals surface area (Å²) in [4.78, 5) is 10.7. The molecule has 1 aromatic carbocycles. The Balaban J connectivity index is 2.11. The van der Waals surface area contributed by atoms with E-state index in [-0.39, 0.29) is 10.6 Å². The van der Waals surface area contributed by atoms with Crippen LogP contribution in [0.2, 0.25) is 5.02 Å². The molecule has 2 rings (SSSR count). The van der Waals surface area contributed by atoms with E-state index in [1.807, 2.05) is 0 Å². The average molecular weight is 297 g/mol. The van der Waals surface area contributed by atoms with Gasteiger partial charge in [0.25, 0.3) is 5.69 Å². The minimum atomic E-state index is -0.378. The number of anilines is 1. The molecule has 1 saturated carbocycles. The molecule has 2 atom stereocenters. The number of halogens is 1. The first-order valence-corrected chi connectivity index (χ1v) is 7.55. The normalized spacial score (nSPS) is 22.8. The van der Waals surface area contributed by atoms with Crippen LogP contribution in [0.15, 0.2) is 18.2 Å². The third-order valence-corrected chi connectivity index (χ3v) is 4.41. The van der Waals surface area contributed by atoms with Gasteiger partial charge < -0.3 is 5.32 Å². The second kappa shape index (κ2) is 6.44. The maximum Gasteiger partial charge on any atom is 0.293 e. The number of hydrogen-bond acceptors (Lipinski definition) is 3. The number of hydrogen-bond donors (Lipinski definition) is 1. The Kier molecular flexibility index (Phi) is 4.86. The first-order chi connectivity index (χ1) is 9.47. The van der Waals surface area contributed by atoms with E-state index in [0.717, 1.165) is 12.8 Å². The zero-order chi connectivity index (χ0) is 14.7. The maximum atomic E-state index is 11.1. The molecule has 0 heterocycles. The number of nitrogens with zero attached hydrogens (tertiary/aromatic N) is 1. The van der Waals surface area contributed by atoms with Crippen molar-refractivity contribution in [2.45, 2.75) is 45.6 Å². The molecule has 20 heavy (non-hydrogen) atoms. The third kappa shape index (κ3) is 3.63. The first kappa shape index (κ1) is 15.1. The summed E-state index contributed by atoms with van der Waals surface area (Å²) in [7, 11) is 0. The summed E-state index contributed by atoms with van der Waals surface area (Å²) in [6.07, 6.45) is 4.60. The molecule has 110 valence electrons. The predicted octanol–water partition coefficient (Wildman–Crippen LogP) is 4.87. The minimum Gasteiger partial charge on any atom is -0.377 e. The standard InChI is InChI=1S/C15H21ClN2O2/c1-10(2)11-4-3-5-13(8-11)17-14-7-6-12(16)9-15(14)18(19)20/h6-7,9-11,13,17H,3-5,8H2,1-2H3. The number of nitro benzene ring substituents is 1. The van der Waals surface area contributed by atoms with E-state index < -0.39 is 0 Å². The Labute approximate surface area is 124 Å². The van der Waals surface area contributed by atoms with Gasteiger partial charge in [-0.15, -0.1) is 0 Å². The van der Waals surface area contributed by atoms with Crippen molar-refractivity contribution in [3.63, 3.8) is 0 Å². The van der Waals surface area contributed by atoms with Gasteiger partial charge in [-0.25, -0.2) is 0 Å². The van der Waals surface area contributed by atoms with Crippen LogP contribution in [0, 0.1) is 22.0 Å². The van der Waals surface area contributed by atoms with Crippen molar-refractivity contribution >= 4 is 23.0 Å². The van der Waals surface area contributed by atoms with Crippen LogP contribution in [-0.2, 0) is 0 Å². The third-order valence-electron chi connectivity index (χ3n) is 4.17. The molecule has 0 spiro atoms. The van der Waals surface area contributed by atoms with Gasteiger partial charge in [0, 0.05) is 17.1 Å². The van der Waals surface area contributed by atoms with Crippen molar-refractivity contribution in [1.29, 1.82) is 0 Å². The molecule has 1 N–H and O–H groups in total. The highest BCUT2D eigenvalue weighted by Gasteiger charge is 2.25. The molecule has 0 aliphatic heterocycles. The molecule has 1 aliphatic rings. The van der Waals surface area contributed by atoms with E-state index in [1.54, 1.807) is 12.1 Å². The molecular formula is C15H21ClN2O2. The van der Waals surface area contributed by atoms with Crippen LogP contribution in [0.1, 0.15) is 39.5 Å². The number of benzene rings is 1. The fourth-order valence-corrected chi connectivity index (χ4v) is 3.13. The quantitative estimate of drug-likeness (QED) is 0.636. The number of nitro groups is 1. The smallest absolute Gasteiger partial charge is 0.293 e. The highest BCUT2D eigenvalue weighted by atomic mass is 35.5. The van der Waals surface area contributed by atoms with Gasteiger partial charge in [-0.3, -0.25) is 10.1 Å². The summed E-state index contributed by atoms with van der Waals surface area (Å²) in [5.41, 5.74) is 0.637. The van der Waals surface area contributed by atoms with Crippen molar-refractivity contribution in [3.05, 3.63) is 33.3 Å². The molecule has 1 aliphatic carbocycles. The Morgan fingerprint density at radius 2 is 2.15 bits per heavy atom. The highest BCUT2D eigenvalue weighted by molar-refractivity contribution is 6.30. The second-order valence-electron chi connectivity index (χ2n) is 5.93. The number of rotatable bonds is 4. The van der Waals surface area contributed by atoms with E-state index in [0.29, 0.717) is 28.6 Å². The van der Waals surface area contributed by atoms with Gasteiger partial charge in [-0.05, 0) is 36.8 Å². The van der Waals surface area contributed by atoms with Crippen molar-refractivity contribution in [1.82, 2.24) is 0 Å². The van der Waals surface area contributed by atoms with Crippen molar-refractivity contribution in [2.75, 3.05) is 5.32 Å². The lowest BCUT2D eigenvalue weighted by Gasteiger charge is -2.32. The predicted molar refractivity (Wildman–Crippen MR) is 82.3 cm³/mol. The molecule has 2 unspecified atom stereocenters. The van der Waals surface area contributed by atoms with Gasteiger partial charge in [0.2, 0.25) is 0 Å². The summed E-state index contributed by atoms with van der Waals surface area (Å²) < 4.78 is 0. The van der Waals surface area contributed by atoms with Gasteiger partial charge in [0.15, 0.2) is 0 Å². The van der Waals surface area contributed by atoms with Gasteiger partial charge >= 0.3 is 0 Å². The Bertz CT molecular complexity index is 491. The topological polar surface area (TPSA) is 55.2 Å². The van der Waals surface area contributed by atoms with Crippen LogP contribution in [-0.4, -0.2) is 11.0 Å². The molecule has 0 amide bonds. The summed E-state index contributed by atoms with van der Waals surface area (Å²) in [5, 5.41) is 14.8. The lowest BCUT2D eigenvalue weighted by molar-refractivity contribution is -0.384. The molecule has 0 bridgehead atoms. The Morgan fingerprint density at radius 3 is 2.80 bits per heavy atom. The molecule has 0 aromatic heterocycles. The van der Waals surface area contributed by atoms with Crippen LogP contribution in [0.25, 0.3) is 0 Å². The molecule has 5 heteroatoms. The van der Waals surface area contributed by atoms with E-state index >= 15 is 0 Å². The molecule has 1 fully saturated rings. The van der Waals surface area contributed by atoms with Crippen LogP contribution >= 0.6 is 11.6 Å². The summed E-state index contributed by atoms with van der Waals surface area (Å²) in [5.74, 6) is 1.37. The van der Waals surface area contributed by atoms with E-state index in [4.69, 9.17) is 11.6 Å². The summed E-state index contributed by atoms with van der Waals surface area (Å²) in [6.45, 7) is 4.50. The lowest BCUT2D eigenvalue weighted by Crippen LogP contribution is -2.29. The van der Waals surface area contributed by atoms with Crippen LogP contribution in [0.5, 0.6) is 0 Å². The fourth-order valence-electron chi connectivity index (χ4n) is 2.96. The Hall–Kier alpha value is -1.29. The second-order valence-corrected chi connectivity index (χ2v) is 6.37. The molecule has 4 nitrogen and oxygen atoms in total. The van der Waals surface area contributed by atoms with Crippen LogP contribution < -0.4 is 5.32 Å². The zero-order valence-corrected chi connectivity index (χ0v) is 12.7. The average Bonchev–Trinajstić information content (AvgIpc) is 2.41. The van der Waals surface area contributed by atoms with Gasteiger partial charge in [0.1, 0.15) is 5.69 Å². The van der Waals surface area contributed by atoms with E-state index in [1.165, 1.54) is 18.9 Å². The molecule has 1 aromatic rings. The monoisotopic (exact) mass is 296 g/mol. The largest absolute Gasteiger partial charge is 0.377 e. The highest BCUT2D eigenvalue weighted by Crippen LogP contribution is 2.34. The van der Waals surface area contributed by atoms with Crippen molar-refractivity contribution in [2.24, 2.45) is 11.8 Å². The van der Waals surface area contributed by atoms with Crippen LogP contribution in [0.3, 0.4) is 0 Å². The van der Waals surface area contributed by atoms with E-state index in [2.05, 4.69) is 19.2 Å². The molecular weight excluding hydrogens is 276 g/mol. The maximum absolute atomic E-state index is 11.1. The Morgan fingerprint density at radius 1 is 1.40 bits per heavy atom. The number of nitrogens with one attached hydrogen (secondary N) is 1. The zero-order valence-electron chi connectivity index (χ0n) is 11.9. The fraction of sp³-hybridized carbons (Fsp3) is 0.600. The molecule has 0 radical (unpaired) electrons. The van der Waals surface area contributed by atoms with Crippen molar-refractivity contribution in [3.8, 4) is 0 Å². The van der Waals surface area contributed by atoms with Gasteiger partial charge in [-0.2, -0.15) is 0 Å². The van der Waals surface area contributed by atoms with Gasteiger partial charge in [0.05, 0.1) is 4.92 Å². The van der Waals surface area contributed by atoms with Crippen LogP contribution in [0.4, 0.5) is 11.4 Å². The van der Waals surface area contributed by atoms with E-state index in [9.17, 15) is 10.1 Å².